The third-order valence-electron chi connectivity index (χ3n) is 7.60. The highest BCUT2D eigenvalue weighted by molar-refractivity contribution is 6.13. The molecule has 3 heterocycles. The minimum absolute atomic E-state index is 0.0956. The SMILES string of the molecule is COCO[C@H]1C(=O)O[C@H]2O[C@@]34C(=O)CCC35[C@@H](C[C@@H](C(C)(C)C)C215)OC4=O. The molecule has 0 aromatic carbocycles. The van der Waals surface area contributed by atoms with Crippen molar-refractivity contribution in [2.75, 3.05) is 13.9 Å². The zero-order chi connectivity index (χ0) is 19.4. The Morgan fingerprint density at radius 1 is 1.19 bits per heavy atom. The summed E-state index contributed by atoms with van der Waals surface area (Å²) in [5, 5.41) is 0. The summed E-state index contributed by atoms with van der Waals surface area (Å²) in [7, 11) is 1.48. The van der Waals surface area contributed by atoms with E-state index in [2.05, 4.69) is 20.8 Å². The van der Waals surface area contributed by atoms with Crippen LogP contribution in [0.5, 0.6) is 0 Å². The Hall–Kier alpha value is -1.51. The zero-order valence-electron chi connectivity index (χ0n) is 15.9. The van der Waals surface area contributed by atoms with E-state index < -0.39 is 46.9 Å². The summed E-state index contributed by atoms with van der Waals surface area (Å²) in [6.07, 6.45) is -1.27. The molecule has 0 radical (unpaired) electrons. The summed E-state index contributed by atoms with van der Waals surface area (Å²) in [5.74, 6) is -1.56. The molecule has 2 unspecified atom stereocenters. The fraction of sp³-hybridized carbons (Fsp3) is 0.842. The number of ketones is 1. The fourth-order valence-corrected chi connectivity index (χ4v) is 6.97. The van der Waals surface area contributed by atoms with Gasteiger partial charge in [-0.1, -0.05) is 20.8 Å². The number of methoxy groups -OCH3 is 1. The standard InChI is InChI=1S/C19H24O8/c1-16(2,3)9-7-11-17-6-5-10(20)19(17,14(22)25-11)27-15-18(9,17)12(13(21)26-15)24-8-23-4/h9,11-12,15H,5-8H2,1-4H3/t9-,11+,12-,15-,17?,18?,19+/m0/s1. The first-order chi connectivity index (χ1) is 12.7. The van der Waals surface area contributed by atoms with Gasteiger partial charge in [0.1, 0.15) is 12.9 Å². The number of Topliss-reactive ketones (excluding diaryl/α,β-unsaturated/α-hetero) is 1. The van der Waals surface area contributed by atoms with E-state index in [1.54, 1.807) is 0 Å². The van der Waals surface area contributed by atoms with Gasteiger partial charge in [0, 0.05) is 13.5 Å². The van der Waals surface area contributed by atoms with Crippen molar-refractivity contribution in [2.45, 2.75) is 64.1 Å². The van der Waals surface area contributed by atoms with E-state index in [0.29, 0.717) is 12.8 Å². The van der Waals surface area contributed by atoms with Gasteiger partial charge in [0.05, 0.1) is 10.8 Å². The molecular weight excluding hydrogens is 356 g/mol. The Balaban J connectivity index is 1.78. The summed E-state index contributed by atoms with van der Waals surface area (Å²) >= 11 is 0. The van der Waals surface area contributed by atoms with Gasteiger partial charge in [-0.25, -0.2) is 9.59 Å². The van der Waals surface area contributed by atoms with Gasteiger partial charge in [0.2, 0.25) is 11.9 Å². The first kappa shape index (κ1) is 17.6. The number of carbonyl (C=O) groups is 3. The molecule has 3 aliphatic heterocycles. The molecule has 148 valence electrons. The number of esters is 2. The van der Waals surface area contributed by atoms with Gasteiger partial charge >= 0.3 is 11.9 Å². The number of hydrogen-bond acceptors (Lipinski definition) is 8. The molecule has 8 nitrogen and oxygen atoms in total. The number of carbonyl (C=O) groups excluding carboxylic acids is 3. The lowest BCUT2D eigenvalue weighted by molar-refractivity contribution is -0.197. The maximum Gasteiger partial charge on any atom is 0.347 e. The minimum Gasteiger partial charge on any atom is -0.459 e. The predicted molar refractivity (Wildman–Crippen MR) is 87.0 cm³/mol. The summed E-state index contributed by atoms with van der Waals surface area (Å²) in [5.41, 5.74) is -3.85. The smallest absolute Gasteiger partial charge is 0.347 e. The van der Waals surface area contributed by atoms with Crippen LogP contribution in [0, 0.1) is 22.2 Å². The molecule has 3 saturated heterocycles. The lowest BCUT2D eigenvalue weighted by Gasteiger charge is -2.46. The summed E-state index contributed by atoms with van der Waals surface area (Å²) in [6.45, 7) is 6.14. The summed E-state index contributed by atoms with van der Waals surface area (Å²) in [6, 6.07) is 0. The topological polar surface area (TPSA) is 97.4 Å². The van der Waals surface area contributed by atoms with Crippen LogP contribution in [0.25, 0.3) is 0 Å². The Bertz CT molecular complexity index is 755. The average molecular weight is 380 g/mol. The molecule has 0 amide bonds. The van der Waals surface area contributed by atoms with Crippen molar-refractivity contribution in [3.63, 3.8) is 0 Å². The zero-order valence-corrected chi connectivity index (χ0v) is 15.9. The van der Waals surface area contributed by atoms with Crippen LogP contribution in [-0.2, 0) is 38.1 Å². The summed E-state index contributed by atoms with van der Waals surface area (Å²) in [4.78, 5) is 38.6. The average Bonchev–Trinajstić information content (AvgIpc) is 3.25. The Labute approximate surface area is 156 Å². The van der Waals surface area contributed by atoms with Gasteiger partial charge < -0.3 is 23.7 Å². The quantitative estimate of drug-likeness (QED) is 0.406. The van der Waals surface area contributed by atoms with Crippen LogP contribution in [-0.4, -0.2) is 55.7 Å². The second-order valence-electron chi connectivity index (χ2n) is 9.40. The molecule has 2 aliphatic carbocycles. The van der Waals surface area contributed by atoms with E-state index in [1.807, 2.05) is 0 Å². The molecular formula is C19H24O8. The van der Waals surface area contributed by atoms with Gasteiger partial charge in [-0.3, -0.25) is 4.79 Å². The van der Waals surface area contributed by atoms with Gasteiger partial charge in [-0.15, -0.1) is 0 Å². The van der Waals surface area contributed by atoms with E-state index in [9.17, 15) is 14.4 Å². The van der Waals surface area contributed by atoms with Crippen LogP contribution in [0.2, 0.25) is 0 Å². The number of hydrogen-bond donors (Lipinski definition) is 0. The van der Waals surface area contributed by atoms with Crippen LogP contribution in [0.1, 0.15) is 40.0 Å². The third-order valence-corrected chi connectivity index (χ3v) is 7.60. The highest BCUT2D eigenvalue weighted by Crippen LogP contribution is 2.81. The maximum absolute atomic E-state index is 12.9. The van der Waals surface area contributed by atoms with Crippen LogP contribution >= 0.6 is 0 Å². The molecule has 8 heteroatoms. The Kier molecular flexibility index (Phi) is 3.19. The highest BCUT2D eigenvalue weighted by Gasteiger charge is 2.96. The van der Waals surface area contributed by atoms with Crippen LogP contribution in [0.4, 0.5) is 0 Å². The molecule has 0 aromatic rings. The van der Waals surface area contributed by atoms with Crippen molar-refractivity contribution in [2.24, 2.45) is 22.2 Å². The fourth-order valence-electron chi connectivity index (χ4n) is 6.97. The van der Waals surface area contributed by atoms with Crippen molar-refractivity contribution in [1.29, 1.82) is 0 Å². The monoisotopic (exact) mass is 380 g/mol. The third kappa shape index (κ3) is 1.55. The predicted octanol–water partition coefficient (Wildman–Crippen LogP) is 0.954. The maximum atomic E-state index is 12.9. The van der Waals surface area contributed by atoms with Crippen molar-refractivity contribution < 1.29 is 38.1 Å². The number of rotatable bonds is 3. The molecule has 5 rings (SSSR count). The molecule has 5 fully saturated rings. The van der Waals surface area contributed by atoms with Crippen LogP contribution < -0.4 is 0 Å². The minimum atomic E-state index is -1.68. The molecule has 27 heavy (non-hydrogen) atoms. The van der Waals surface area contributed by atoms with Crippen LogP contribution in [0.3, 0.4) is 0 Å². The molecule has 0 aromatic heterocycles. The second-order valence-corrected chi connectivity index (χ2v) is 9.40. The van der Waals surface area contributed by atoms with Gasteiger partial charge in [0.15, 0.2) is 11.9 Å². The van der Waals surface area contributed by atoms with E-state index in [4.69, 9.17) is 23.7 Å². The van der Waals surface area contributed by atoms with Gasteiger partial charge in [0.25, 0.3) is 0 Å². The van der Waals surface area contributed by atoms with Crippen molar-refractivity contribution >= 4 is 17.7 Å². The first-order valence-corrected chi connectivity index (χ1v) is 9.41. The van der Waals surface area contributed by atoms with Gasteiger partial charge in [-0.05, 0) is 24.2 Å². The number of ether oxygens (including phenoxy) is 5. The van der Waals surface area contributed by atoms with Crippen LogP contribution in [0.15, 0.2) is 0 Å². The molecule has 0 N–H and O–H groups in total. The molecule has 0 bridgehead atoms. The van der Waals surface area contributed by atoms with E-state index >= 15 is 0 Å². The van der Waals surface area contributed by atoms with E-state index in [0.717, 1.165) is 0 Å². The molecule has 2 saturated carbocycles. The van der Waals surface area contributed by atoms with E-state index in [-0.39, 0.29) is 30.3 Å². The van der Waals surface area contributed by atoms with Crippen molar-refractivity contribution in [3.05, 3.63) is 0 Å². The Morgan fingerprint density at radius 2 is 1.93 bits per heavy atom. The lowest BCUT2D eigenvalue weighted by Crippen LogP contribution is -2.59. The van der Waals surface area contributed by atoms with Crippen molar-refractivity contribution in [3.8, 4) is 0 Å². The largest absolute Gasteiger partial charge is 0.459 e. The van der Waals surface area contributed by atoms with E-state index in [1.165, 1.54) is 7.11 Å². The Morgan fingerprint density at radius 3 is 2.59 bits per heavy atom. The highest BCUT2D eigenvalue weighted by atomic mass is 16.8. The summed E-state index contributed by atoms with van der Waals surface area (Å²) < 4.78 is 28.3. The van der Waals surface area contributed by atoms with Gasteiger partial charge in [-0.2, -0.15) is 0 Å². The molecule has 2 spiro atoms. The molecule has 7 atom stereocenters. The lowest BCUT2D eigenvalue weighted by atomic mass is 9.52. The molecule has 5 aliphatic rings. The first-order valence-electron chi connectivity index (χ1n) is 9.41. The normalized spacial score (nSPS) is 49.9. The second kappa shape index (κ2) is 4.90. The van der Waals surface area contributed by atoms with Crippen molar-refractivity contribution in [1.82, 2.24) is 0 Å².